The van der Waals surface area contributed by atoms with Gasteiger partial charge >= 0.3 is 0 Å². The maximum atomic E-state index is 14.1. The predicted molar refractivity (Wildman–Crippen MR) is 97.4 cm³/mol. The van der Waals surface area contributed by atoms with Crippen LogP contribution < -0.4 is 9.64 Å². The van der Waals surface area contributed by atoms with Gasteiger partial charge in [-0.2, -0.15) is 4.98 Å². The first-order valence-electron chi connectivity index (χ1n) is 8.28. The molecule has 0 N–H and O–H groups in total. The molecule has 1 saturated heterocycles. The van der Waals surface area contributed by atoms with Gasteiger partial charge in [-0.3, -0.25) is 4.79 Å². The Labute approximate surface area is 159 Å². The third-order valence-corrected chi connectivity index (χ3v) is 4.70. The molecule has 0 saturated carbocycles. The van der Waals surface area contributed by atoms with Crippen LogP contribution >= 0.6 is 11.6 Å². The summed E-state index contributed by atoms with van der Waals surface area (Å²) in [6.07, 6.45) is 0.163. The number of carbonyl (C=O) groups is 1. The topological polar surface area (TPSA) is 68.5 Å². The minimum absolute atomic E-state index is 0.157. The minimum Gasteiger partial charge on any atom is -0.497 e. The predicted octanol–water partition coefficient (Wildman–Crippen LogP) is 4.06. The van der Waals surface area contributed by atoms with Gasteiger partial charge in [0.1, 0.15) is 11.6 Å². The SMILES string of the molecule is COc1ccc(-c2noc(C3CC(=O)N(c4cc(Cl)ccc4F)C3)n2)cc1. The summed E-state index contributed by atoms with van der Waals surface area (Å²) in [6.45, 7) is 0.250. The molecule has 1 aliphatic heterocycles. The fourth-order valence-corrected chi connectivity index (χ4v) is 3.22. The van der Waals surface area contributed by atoms with Crippen LogP contribution in [0.1, 0.15) is 18.2 Å². The van der Waals surface area contributed by atoms with Crippen LogP contribution in [0.25, 0.3) is 11.4 Å². The van der Waals surface area contributed by atoms with Gasteiger partial charge in [-0.15, -0.1) is 0 Å². The van der Waals surface area contributed by atoms with Gasteiger partial charge in [0.05, 0.1) is 18.7 Å². The summed E-state index contributed by atoms with van der Waals surface area (Å²) in [5, 5.41) is 4.35. The Hall–Kier alpha value is -2.93. The fraction of sp³-hybridized carbons (Fsp3) is 0.211. The molecule has 3 aromatic rings. The van der Waals surface area contributed by atoms with Crippen molar-refractivity contribution in [1.82, 2.24) is 10.1 Å². The molecular formula is C19H15ClFN3O3. The van der Waals surface area contributed by atoms with E-state index in [1.54, 1.807) is 19.2 Å². The smallest absolute Gasteiger partial charge is 0.232 e. The number of rotatable bonds is 4. The Kier molecular flexibility index (Phi) is 4.53. The number of anilines is 1. The van der Waals surface area contributed by atoms with E-state index in [1.165, 1.54) is 23.1 Å². The first kappa shape index (κ1) is 17.5. The lowest BCUT2D eigenvalue weighted by Crippen LogP contribution is -2.25. The van der Waals surface area contributed by atoms with Gasteiger partial charge < -0.3 is 14.2 Å². The van der Waals surface area contributed by atoms with Crippen molar-refractivity contribution in [3.8, 4) is 17.1 Å². The summed E-state index contributed by atoms with van der Waals surface area (Å²) in [4.78, 5) is 18.1. The fourth-order valence-electron chi connectivity index (χ4n) is 3.06. The van der Waals surface area contributed by atoms with Gasteiger partial charge in [0.15, 0.2) is 0 Å². The van der Waals surface area contributed by atoms with Crippen molar-refractivity contribution in [2.45, 2.75) is 12.3 Å². The molecule has 1 unspecified atom stereocenters. The summed E-state index contributed by atoms with van der Waals surface area (Å²) >= 11 is 5.93. The van der Waals surface area contributed by atoms with Crippen molar-refractivity contribution in [2.75, 3.05) is 18.6 Å². The first-order valence-corrected chi connectivity index (χ1v) is 8.66. The molecule has 1 amide bonds. The van der Waals surface area contributed by atoms with E-state index < -0.39 is 5.82 Å². The molecule has 8 heteroatoms. The minimum atomic E-state index is -0.502. The molecule has 0 spiro atoms. The zero-order valence-electron chi connectivity index (χ0n) is 14.4. The highest BCUT2D eigenvalue weighted by atomic mass is 35.5. The van der Waals surface area contributed by atoms with E-state index in [0.29, 0.717) is 16.7 Å². The van der Waals surface area contributed by atoms with E-state index in [-0.39, 0.29) is 30.5 Å². The molecule has 2 heterocycles. The van der Waals surface area contributed by atoms with Crippen molar-refractivity contribution in [3.05, 3.63) is 59.2 Å². The van der Waals surface area contributed by atoms with Crippen LogP contribution in [-0.4, -0.2) is 29.7 Å². The maximum Gasteiger partial charge on any atom is 0.232 e. The lowest BCUT2D eigenvalue weighted by atomic mass is 10.1. The summed E-state index contributed by atoms with van der Waals surface area (Å²) in [5.41, 5.74) is 0.928. The average molecular weight is 388 g/mol. The van der Waals surface area contributed by atoms with E-state index in [4.69, 9.17) is 20.9 Å². The number of amides is 1. The monoisotopic (exact) mass is 387 g/mol. The third kappa shape index (κ3) is 3.38. The van der Waals surface area contributed by atoms with Crippen molar-refractivity contribution in [3.63, 3.8) is 0 Å². The Morgan fingerprint density at radius 1 is 1.26 bits per heavy atom. The zero-order chi connectivity index (χ0) is 19.0. The number of methoxy groups -OCH3 is 1. The number of aromatic nitrogens is 2. The molecule has 1 aromatic heterocycles. The summed E-state index contributed by atoms with van der Waals surface area (Å²) in [6, 6.07) is 11.4. The van der Waals surface area contributed by atoms with Crippen LogP contribution in [0.4, 0.5) is 10.1 Å². The molecular weight excluding hydrogens is 373 g/mol. The molecule has 1 fully saturated rings. The highest BCUT2D eigenvalue weighted by molar-refractivity contribution is 6.31. The molecule has 138 valence electrons. The van der Waals surface area contributed by atoms with Crippen LogP contribution in [-0.2, 0) is 4.79 Å². The van der Waals surface area contributed by atoms with Gasteiger partial charge in [-0.1, -0.05) is 16.8 Å². The standard InChI is InChI=1S/C19H15ClFN3O3/c1-26-14-5-2-11(3-6-14)18-22-19(27-23-18)12-8-17(25)24(10-12)16-9-13(20)4-7-15(16)21/h2-7,9,12H,8,10H2,1H3. The maximum absolute atomic E-state index is 14.1. The van der Waals surface area contributed by atoms with Crippen molar-refractivity contribution in [1.29, 1.82) is 0 Å². The number of hydrogen-bond donors (Lipinski definition) is 0. The Morgan fingerprint density at radius 2 is 2.04 bits per heavy atom. The summed E-state index contributed by atoms with van der Waals surface area (Å²) in [7, 11) is 1.59. The molecule has 2 aromatic carbocycles. The van der Waals surface area contributed by atoms with Gasteiger partial charge in [0.2, 0.25) is 17.6 Å². The van der Waals surface area contributed by atoms with Gasteiger partial charge in [-0.25, -0.2) is 4.39 Å². The Balaban J connectivity index is 1.56. The lowest BCUT2D eigenvalue weighted by molar-refractivity contribution is -0.117. The molecule has 27 heavy (non-hydrogen) atoms. The van der Waals surface area contributed by atoms with Crippen LogP contribution in [0.2, 0.25) is 5.02 Å². The number of ether oxygens (including phenoxy) is 1. The van der Waals surface area contributed by atoms with Crippen LogP contribution in [0.3, 0.4) is 0 Å². The van der Waals surface area contributed by atoms with Crippen LogP contribution in [0, 0.1) is 5.82 Å². The number of carbonyl (C=O) groups excluding carboxylic acids is 1. The highest BCUT2D eigenvalue weighted by Gasteiger charge is 2.36. The number of hydrogen-bond acceptors (Lipinski definition) is 5. The second-order valence-corrected chi connectivity index (χ2v) is 6.62. The van der Waals surface area contributed by atoms with E-state index in [2.05, 4.69) is 10.1 Å². The molecule has 1 atom stereocenters. The Bertz CT molecular complexity index is 990. The summed E-state index contributed by atoms with van der Waals surface area (Å²) in [5.74, 6) is 0.466. The van der Waals surface area contributed by atoms with Gasteiger partial charge in [-0.05, 0) is 42.5 Å². The molecule has 0 aliphatic carbocycles. The normalized spacial score (nSPS) is 16.8. The largest absolute Gasteiger partial charge is 0.497 e. The van der Waals surface area contributed by atoms with Crippen molar-refractivity contribution < 1.29 is 18.4 Å². The van der Waals surface area contributed by atoms with E-state index in [0.717, 1.165) is 11.3 Å². The molecule has 1 aliphatic rings. The molecule has 6 nitrogen and oxygen atoms in total. The van der Waals surface area contributed by atoms with Crippen LogP contribution in [0.15, 0.2) is 47.0 Å². The summed E-state index contributed by atoms with van der Waals surface area (Å²) < 4.78 is 24.6. The van der Waals surface area contributed by atoms with Crippen molar-refractivity contribution in [2.24, 2.45) is 0 Å². The van der Waals surface area contributed by atoms with Gasteiger partial charge in [0, 0.05) is 23.6 Å². The zero-order valence-corrected chi connectivity index (χ0v) is 15.1. The van der Waals surface area contributed by atoms with Crippen molar-refractivity contribution >= 4 is 23.2 Å². The van der Waals surface area contributed by atoms with E-state index >= 15 is 0 Å². The van der Waals surface area contributed by atoms with E-state index in [1.807, 2.05) is 12.1 Å². The number of benzene rings is 2. The quantitative estimate of drug-likeness (QED) is 0.675. The second-order valence-electron chi connectivity index (χ2n) is 6.19. The average Bonchev–Trinajstić information content (AvgIpc) is 3.31. The molecule has 0 radical (unpaired) electrons. The third-order valence-electron chi connectivity index (χ3n) is 4.46. The van der Waals surface area contributed by atoms with Gasteiger partial charge in [0.25, 0.3) is 0 Å². The Morgan fingerprint density at radius 3 is 2.78 bits per heavy atom. The number of nitrogens with zero attached hydrogens (tertiary/aromatic N) is 3. The second kappa shape index (κ2) is 7.00. The van der Waals surface area contributed by atoms with Crippen LogP contribution in [0.5, 0.6) is 5.75 Å². The highest BCUT2D eigenvalue weighted by Crippen LogP contribution is 2.34. The lowest BCUT2D eigenvalue weighted by Gasteiger charge is -2.17. The van der Waals surface area contributed by atoms with E-state index in [9.17, 15) is 9.18 Å². The molecule has 0 bridgehead atoms. The number of halogens is 2. The first-order chi connectivity index (χ1) is 13.0. The molecule has 4 rings (SSSR count).